The van der Waals surface area contributed by atoms with Gasteiger partial charge >= 0.3 is 5.97 Å². The van der Waals surface area contributed by atoms with Crippen LogP contribution in [0.2, 0.25) is 0 Å². The number of carboxylic acid groups (broad SMARTS) is 1. The number of carbonyl (C=O) groups is 2. The molecule has 1 amide bonds. The van der Waals surface area contributed by atoms with E-state index in [-0.39, 0.29) is 17.9 Å². The summed E-state index contributed by atoms with van der Waals surface area (Å²) in [6.07, 6.45) is 5.96. The van der Waals surface area contributed by atoms with E-state index in [4.69, 9.17) is 5.73 Å². The number of nitrogens with one attached hydrogen (secondary N) is 1. The Morgan fingerprint density at radius 2 is 1.94 bits per heavy atom. The summed E-state index contributed by atoms with van der Waals surface area (Å²) in [5.41, 5.74) is 5.58. The van der Waals surface area contributed by atoms with Crippen LogP contribution >= 0.6 is 0 Å². The third-order valence-electron chi connectivity index (χ3n) is 3.53. The maximum atomic E-state index is 11.7. The van der Waals surface area contributed by atoms with E-state index in [9.17, 15) is 14.7 Å². The van der Waals surface area contributed by atoms with Crippen molar-refractivity contribution in [3.63, 3.8) is 0 Å². The minimum Gasteiger partial charge on any atom is -0.480 e. The smallest absolute Gasteiger partial charge is 0.326 e. The molecule has 1 aliphatic rings. The van der Waals surface area contributed by atoms with Gasteiger partial charge in [0.15, 0.2) is 0 Å². The van der Waals surface area contributed by atoms with E-state index in [1.54, 1.807) is 0 Å². The van der Waals surface area contributed by atoms with Gasteiger partial charge in [0.05, 0.1) is 0 Å². The number of hydrogen-bond acceptors (Lipinski definition) is 3. The molecule has 1 rings (SSSR count). The van der Waals surface area contributed by atoms with Crippen LogP contribution in [0.15, 0.2) is 0 Å². The van der Waals surface area contributed by atoms with Gasteiger partial charge in [-0.15, -0.1) is 0 Å². The van der Waals surface area contributed by atoms with Crippen molar-refractivity contribution in [3.8, 4) is 0 Å². The number of amides is 1. The van der Waals surface area contributed by atoms with E-state index in [0.717, 1.165) is 25.7 Å². The standard InChI is InChI=1S/C13H24N2O3/c1-9(14)7-8-11(16)15-12(13(17)18)10-5-3-2-4-6-10/h9-10,12H,2-8,14H2,1H3,(H,15,16)(H,17,18). The van der Waals surface area contributed by atoms with Gasteiger partial charge in [0.2, 0.25) is 5.91 Å². The molecule has 0 aromatic carbocycles. The van der Waals surface area contributed by atoms with Gasteiger partial charge < -0.3 is 16.2 Å². The van der Waals surface area contributed by atoms with Crippen molar-refractivity contribution in [2.24, 2.45) is 11.7 Å². The SMILES string of the molecule is CC(N)CCC(=O)NC(C(=O)O)C1CCCCC1. The van der Waals surface area contributed by atoms with Gasteiger partial charge in [-0.1, -0.05) is 19.3 Å². The predicted molar refractivity (Wildman–Crippen MR) is 69.0 cm³/mol. The Hall–Kier alpha value is -1.10. The van der Waals surface area contributed by atoms with E-state index in [2.05, 4.69) is 5.32 Å². The van der Waals surface area contributed by atoms with E-state index >= 15 is 0 Å². The second-order valence-corrected chi connectivity index (χ2v) is 5.30. The fraction of sp³-hybridized carbons (Fsp3) is 0.846. The Morgan fingerprint density at radius 1 is 1.33 bits per heavy atom. The zero-order chi connectivity index (χ0) is 13.5. The molecule has 18 heavy (non-hydrogen) atoms. The minimum atomic E-state index is -0.920. The molecule has 0 bridgehead atoms. The highest BCUT2D eigenvalue weighted by Gasteiger charge is 2.30. The molecule has 1 fully saturated rings. The lowest BCUT2D eigenvalue weighted by Gasteiger charge is -2.28. The monoisotopic (exact) mass is 256 g/mol. The molecular weight excluding hydrogens is 232 g/mol. The van der Waals surface area contributed by atoms with Crippen molar-refractivity contribution < 1.29 is 14.7 Å². The Bertz CT molecular complexity index is 286. The molecule has 0 heterocycles. The third kappa shape index (κ3) is 5.04. The van der Waals surface area contributed by atoms with Gasteiger partial charge in [-0.25, -0.2) is 4.79 Å². The predicted octanol–water partition coefficient (Wildman–Crippen LogP) is 1.26. The van der Waals surface area contributed by atoms with Crippen molar-refractivity contribution in [1.29, 1.82) is 0 Å². The molecule has 0 aromatic rings. The first-order chi connectivity index (χ1) is 8.50. The fourth-order valence-corrected chi connectivity index (χ4v) is 2.45. The highest BCUT2D eigenvalue weighted by Crippen LogP contribution is 2.26. The lowest BCUT2D eigenvalue weighted by Crippen LogP contribution is -2.46. The van der Waals surface area contributed by atoms with Crippen LogP contribution in [0.25, 0.3) is 0 Å². The zero-order valence-corrected chi connectivity index (χ0v) is 11.0. The highest BCUT2D eigenvalue weighted by atomic mass is 16.4. The number of rotatable bonds is 6. The van der Waals surface area contributed by atoms with Crippen molar-refractivity contribution >= 4 is 11.9 Å². The van der Waals surface area contributed by atoms with Crippen LogP contribution in [0, 0.1) is 5.92 Å². The molecule has 5 heteroatoms. The average molecular weight is 256 g/mol. The van der Waals surface area contributed by atoms with Gasteiger partial charge in [-0.2, -0.15) is 0 Å². The molecule has 104 valence electrons. The number of carbonyl (C=O) groups excluding carboxylic acids is 1. The molecule has 0 spiro atoms. The quantitative estimate of drug-likeness (QED) is 0.667. The van der Waals surface area contributed by atoms with Gasteiger partial charge in [-0.3, -0.25) is 4.79 Å². The van der Waals surface area contributed by atoms with Crippen molar-refractivity contribution in [2.45, 2.75) is 64.0 Å². The summed E-state index contributed by atoms with van der Waals surface area (Å²) in [5.74, 6) is -1.04. The van der Waals surface area contributed by atoms with Gasteiger partial charge in [0.1, 0.15) is 6.04 Å². The lowest BCUT2D eigenvalue weighted by molar-refractivity contribution is -0.143. The summed E-state index contributed by atoms with van der Waals surface area (Å²) in [6, 6.07) is -0.764. The second kappa shape index (κ2) is 7.36. The molecule has 4 N–H and O–H groups in total. The Labute approximate surface area is 108 Å². The van der Waals surface area contributed by atoms with E-state index in [0.29, 0.717) is 12.8 Å². The van der Waals surface area contributed by atoms with Crippen molar-refractivity contribution in [2.75, 3.05) is 0 Å². The van der Waals surface area contributed by atoms with Crippen LogP contribution in [0.3, 0.4) is 0 Å². The number of nitrogens with two attached hydrogens (primary N) is 1. The van der Waals surface area contributed by atoms with Gasteiger partial charge in [0.25, 0.3) is 0 Å². The maximum absolute atomic E-state index is 11.7. The van der Waals surface area contributed by atoms with Gasteiger partial charge in [-0.05, 0) is 32.1 Å². The first-order valence-electron chi connectivity index (χ1n) is 6.78. The number of aliphatic carboxylic acids is 1. The van der Waals surface area contributed by atoms with Crippen LogP contribution in [0.4, 0.5) is 0 Å². The summed E-state index contributed by atoms with van der Waals surface area (Å²) < 4.78 is 0. The number of hydrogen-bond donors (Lipinski definition) is 3. The molecule has 0 radical (unpaired) electrons. The van der Waals surface area contributed by atoms with E-state index in [1.807, 2.05) is 6.92 Å². The van der Waals surface area contributed by atoms with Crippen LogP contribution in [0.5, 0.6) is 0 Å². The van der Waals surface area contributed by atoms with Crippen LogP contribution < -0.4 is 11.1 Å². The van der Waals surface area contributed by atoms with E-state index in [1.165, 1.54) is 6.42 Å². The molecule has 0 aliphatic heterocycles. The highest BCUT2D eigenvalue weighted by molar-refractivity contribution is 5.83. The first kappa shape index (κ1) is 15.0. The van der Waals surface area contributed by atoms with Crippen LogP contribution in [-0.2, 0) is 9.59 Å². The van der Waals surface area contributed by atoms with Crippen molar-refractivity contribution in [3.05, 3.63) is 0 Å². The summed E-state index contributed by atoms with van der Waals surface area (Å²) >= 11 is 0. The third-order valence-corrected chi connectivity index (χ3v) is 3.53. The molecule has 1 aliphatic carbocycles. The molecule has 0 saturated heterocycles. The maximum Gasteiger partial charge on any atom is 0.326 e. The molecule has 0 aromatic heterocycles. The number of carboxylic acids is 1. The zero-order valence-electron chi connectivity index (χ0n) is 11.0. The lowest BCUT2D eigenvalue weighted by atomic mass is 9.84. The fourth-order valence-electron chi connectivity index (χ4n) is 2.45. The largest absolute Gasteiger partial charge is 0.480 e. The van der Waals surface area contributed by atoms with E-state index < -0.39 is 12.0 Å². The Balaban J connectivity index is 2.46. The van der Waals surface area contributed by atoms with Gasteiger partial charge in [0, 0.05) is 12.5 Å². The minimum absolute atomic E-state index is 0.0336. The Kier molecular flexibility index (Phi) is 6.12. The normalized spacial score (nSPS) is 20.1. The second-order valence-electron chi connectivity index (χ2n) is 5.30. The summed E-state index contributed by atoms with van der Waals surface area (Å²) in [5, 5.41) is 11.9. The topological polar surface area (TPSA) is 92.4 Å². The van der Waals surface area contributed by atoms with Crippen LogP contribution in [0.1, 0.15) is 51.9 Å². The molecular formula is C13H24N2O3. The Morgan fingerprint density at radius 3 is 2.44 bits per heavy atom. The van der Waals surface area contributed by atoms with Crippen LogP contribution in [-0.4, -0.2) is 29.1 Å². The summed E-state index contributed by atoms with van der Waals surface area (Å²) in [6.45, 7) is 1.84. The molecule has 2 atom stereocenters. The average Bonchev–Trinajstić information content (AvgIpc) is 2.34. The van der Waals surface area contributed by atoms with Crippen molar-refractivity contribution in [1.82, 2.24) is 5.32 Å². The molecule has 2 unspecified atom stereocenters. The molecule has 5 nitrogen and oxygen atoms in total. The summed E-state index contributed by atoms with van der Waals surface area (Å²) in [4.78, 5) is 22.9. The molecule has 1 saturated carbocycles. The first-order valence-corrected chi connectivity index (χ1v) is 6.78. The summed E-state index contributed by atoms with van der Waals surface area (Å²) in [7, 11) is 0.